The number of benzene rings is 1. The Bertz CT molecular complexity index is 530. The predicted octanol–water partition coefficient (Wildman–Crippen LogP) is 3.87. The van der Waals surface area contributed by atoms with E-state index in [0.29, 0.717) is 24.2 Å². The molecule has 0 aromatic heterocycles. The van der Waals surface area contributed by atoms with Gasteiger partial charge in [0.2, 0.25) is 5.91 Å². The summed E-state index contributed by atoms with van der Waals surface area (Å²) in [6.45, 7) is 6.73. The highest BCUT2D eigenvalue weighted by atomic mass is 35.5. The molecule has 2 amide bonds. The number of amides is 2. The number of anilines is 1. The predicted molar refractivity (Wildman–Crippen MR) is 106 cm³/mol. The Morgan fingerprint density at radius 3 is 2.20 bits per heavy atom. The molecule has 142 valence electrons. The third-order valence-electron chi connectivity index (χ3n) is 4.12. The van der Waals surface area contributed by atoms with Gasteiger partial charge in [-0.05, 0) is 63.9 Å². The largest absolute Gasteiger partial charge is 0.347 e. The molecule has 6 heteroatoms. The van der Waals surface area contributed by atoms with Crippen molar-refractivity contribution in [3.05, 3.63) is 29.8 Å². The first kappa shape index (κ1) is 23.4. The molecule has 0 saturated heterocycles. The SMILES string of the molecule is CCC(C)(C)NC(=O)c1ccc(NC(=O)CCCCCCN)cc1.Cl. The summed E-state index contributed by atoms with van der Waals surface area (Å²) in [6.07, 6.45) is 5.35. The Labute approximate surface area is 157 Å². The molecular formula is C19H32ClN3O2. The molecule has 1 aromatic carbocycles. The van der Waals surface area contributed by atoms with Crippen LogP contribution in [0.15, 0.2) is 24.3 Å². The highest BCUT2D eigenvalue weighted by Gasteiger charge is 2.18. The first-order chi connectivity index (χ1) is 11.4. The third kappa shape index (κ3) is 9.46. The van der Waals surface area contributed by atoms with Gasteiger partial charge in [-0.15, -0.1) is 12.4 Å². The van der Waals surface area contributed by atoms with Crippen molar-refractivity contribution in [3.63, 3.8) is 0 Å². The topological polar surface area (TPSA) is 84.2 Å². The molecular weight excluding hydrogens is 338 g/mol. The molecule has 0 aliphatic rings. The van der Waals surface area contributed by atoms with Crippen LogP contribution in [0.3, 0.4) is 0 Å². The lowest BCUT2D eigenvalue weighted by molar-refractivity contribution is -0.116. The second-order valence-corrected chi connectivity index (χ2v) is 6.77. The fourth-order valence-corrected chi connectivity index (χ4v) is 2.18. The van der Waals surface area contributed by atoms with Crippen LogP contribution in [0.2, 0.25) is 0 Å². The summed E-state index contributed by atoms with van der Waals surface area (Å²) in [6, 6.07) is 7.00. The van der Waals surface area contributed by atoms with Crippen LogP contribution in [0.1, 0.15) is 69.7 Å². The third-order valence-corrected chi connectivity index (χ3v) is 4.12. The van der Waals surface area contributed by atoms with Gasteiger partial charge >= 0.3 is 0 Å². The Balaban J connectivity index is 0.00000576. The molecule has 0 aliphatic carbocycles. The number of nitrogens with two attached hydrogens (primary N) is 1. The van der Waals surface area contributed by atoms with Crippen LogP contribution in [0.25, 0.3) is 0 Å². The van der Waals surface area contributed by atoms with E-state index < -0.39 is 0 Å². The number of hydrogen-bond donors (Lipinski definition) is 3. The van der Waals surface area contributed by atoms with E-state index >= 15 is 0 Å². The second kappa shape index (κ2) is 11.9. The first-order valence-corrected chi connectivity index (χ1v) is 8.80. The Morgan fingerprint density at radius 1 is 1.04 bits per heavy atom. The maximum Gasteiger partial charge on any atom is 0.251 e. The van der Waals surface area contributed by atoms with Crippen LogP contribution in [0.4, 0.5) is 5.69 Å². The molecule has 0 radical (unpaired) electrons. The summed E-state index contributed by atoms with van der Waals surface area (Å²) in [7, 11) is 0. The molecule has 1 rings (SSSR count). The Morgan fingerprint density at radius 2 is 1.64 bits per heavy atom. The molecule has 0 aliphatic heterocycles. The van der Waals surface area contributed by atoms with Crippen molar-refractivity contribution in [1.29, 1.82) is 0 Å². The zero-order valence-corrected chi connectivity index (χ0v) is 16.4. The van der Waals surface area contributed by atoms with Crippen molar-refractivity contribution in [2.45, 2.75) is 64.8 Å². The number of hydrogen-bond acceptors (Lipinski definition) is 3. The van der Waals surface area contributed by atoms with Gasteiger partial charge in [0.15, 0.2) is 0 Å². The number of carbonyl (C=O) groups is 2. The molecule has 0 atom stereocenters. The lowest BCUT2D eigenvalue weighted by Crippen LogP contribution is -2.42. The van der Waals surface area contributed by atoms with E-state index in [0.717, 1.165) is 32.1 Å². The lowest BCUT2D eigenvalue weighted by atomic mass is 10.0. The maximum atomic E-state index is 12.2. The molecule has 0 unspecified atom stereocenters. The minimum atomic E-state index is -0.228. The maximum absolute atomic E-state index is 12.2. The summed E-state index contributed by atoms with van der Waals surface area (Å²) in [5, 5.41) is 5.85. The summed E-state index contributed by atoms with van der Waals surface area (Å²) in [4.78, 5) is 24.0. The number of carbonyl (C=O) groups excluding carboxylic acids is 2. The van der Waals surface area contributed by atoms with Crippen molar-refractivity contribution in [3.8, 4) is 0 Å². The van der Waals surface area contributed by atoms with Crippen molar-refractivity contribution >= 4 is 29.9 Å². The zero-order chi connectivity index (χ0) is 18.0. The van der Waals surface area contributed by atoms with Crippen LogP contribution in [0, 0.1) is 0 Å². The van der Waals surface area contributed by atoms with Gasteiger partial charge in [-0.2, -0.15) is 0 Å². The smallest absolute Gasteiger partial charge is 0.251 e. The quantitative estimate of drug-likeness (QED) is 0.547. The van der Waals surface area contributed by atoms with Gasteiger partial charge in [0.05, 0.1) is 0 Å². The van der Waals surface area contributed by atoms with Gasteiger partial charge in [-0.1, -0.05) is 19.8 Å². The van der Waals surface area contributed by atoms with E-state index in [-0.39, 0.29) is 29.8 Å². The highest BCUT2D eigenvalue weighted by Crippen LogP contribution is 2.13. The van der Waals surface area contributed by atoms with Crippen LogP contribution < -0.4 is 16.4 Å². The molecule has 0 bridgehead atoms. The van der Waals surface area contributed by atoms with Crippen LogP contribution in [0.5, 0.6) is 0 Å². The van der Waals surface area contributed by atoms with Crippen LogP contribution in [-0.2, 0) is 4.79 Å². The summed E-state index contributed by atoms with van der Waals surface area (Å²) >= 11 is 0. The van der Waals surface area contributed by atoms with Gasteiger partial charge in [0, 0.05) is 23.2 Å². The molecule has 25 heavy (non-hydrogen) atoms. The van der Waals surface area contributed by atoms with Crippen molar-refractivity contribution in [2.24, 2.45) is 5.73 Å². The van der Waals surface area contributed by atoms with Crippen LogP contribution >= 0.6 is 12.4 Å². The van der Waals surface area contributed by atoms with E-state index in [4.69, 9.17) is 5.73 Å². The van der Waals surface area contributed by atoms with E-state index in [9.17, 15) is 9.59 Å². The van der Waals surface area contributed by atoms with Gasteiger partial charge in [0.25, 0.3) is 5.91 Å². The normalized spacial score (nSPS) is 10.7. The van der Waals surface area contributed by atoms with E-state index in [1.54, 1.807) is 24.3 Å². The molecule has 0 saturated carbocycles. The minimum Gasteiger partial charge on any atom is -0.347 e. The fraction of sp³-hybridized carbons (Fsp3) is 0.579. The zero-order valence-electron chi connectivity index (χ0n) is 15.6. The monoisotopic (exact) mass is 369 g/mol. The summed E-state index contributed by atoms with van der Waals surface area (Å²) in [5.74, 6) is -0.0910. The molecule has 4 N–H and O–H groups in total. The molecule has 0 fully saturated rings. The standard InChI is InChI=1S/C19H31N3O2.ClH/c1-4-19(2,3)22-18(24)15-10-12-16(13-11-15)21-17(23)9-7-5-6-8-14-20;/h10-13H,4-9,14,20H2,1-3H3,(H,21,23)(H,22,24);1H. The van der Waals surface area contributed by atoms with Gasteiger partial charge < -0.3 is 16.4 Å². The number of rotatable bonds is 10. The fourth-order valence-electron chi connectivity index (χ4n) is 2.18. The Kier molecular flexibility index (Phi) is 11.1. The van der Waals surface area contributed by atoms with Gasteiger partial charge in [0.1, 0.15) is 0 Å². The highest BCUT2D eigenvalue weighted by molar-refractivity contribution is 5.96. The van der Waals surface area contributed by atoms with Crippen molar-refractivity contribution < 1.29 is 9.59 Å². The molecule has 5 nitrogen and oxygen atoms in total. The van der Waals surface area contributed by atoms with Gasteiger partial charge in [-0.3, -0.25) is 9.59 Å². The van der Waals surface area contributed by atoms with Crippen molar-refractivity contribution in [1.82, 2.24) is 5.32 Å². The number of halogens is 1. The van der Waals surface area contributed by atoms with Gasteiger partial charge in [-0.25, -0.2) is 0 Å². The minimum absolute atomic E-state index is 0. The summed E-state index contributed by atoms with van der Waals surface area (Å²) in [5.41, 5.74) is 6.52. The van der Waals surface area contributed by atoms with Crippen LogP contribution in [-0.4, -0.2) is 23.9 Å². The average Bonchev–Trinajstić information content (AvgIpc) is 2.55. The lowest BCUT2D eigenvalue weighted by Gasteiger charge is -2.24. The van der Waals surface area contributed by atoms with E-state index in [1.165, 1.54) is 0 Å². The first-order valence-electron chi connectivity index (χ1n) is 8.80. The molecule has 0 heterocycles. The molecule has 1 aromatic rings. The van der Waals surface area contributed by atoms with Crippen molar-refractivity contribution in [2.75, 3.05) is 11.9 Å². The Hall–Kier alpha value is -1.59. The second-order valence-electron chi connectivity index (χ2n) is 6.77. The van der Waals surface area contributed by atoms with E-state index in [1.807, 2.05) is 20.8 Å². The van der Waals surface area contributed by atoms with E-state index in [2.05, 4.69) is 10.6 Å². The number of unbranched alkanes of at least 4 members (excludes halogenated alkanes) is 3. The molecule has 0 spiro atoms. The summed E-state index contributed by atoms with van der Waals surface area (Å²) < 4.78 is 0. The number of nitrogens with one attached hydrogen (secondary N) is 2. The average molecular weight is 370 g/mol.